The summed E-state index contributed by atoms with van der Waals surface area (Å²) in [5.41, 5.74) is 1.09. The fraction of sp³-hybridized carbons (Fsp3) is 0.458. The number of rotatable bonds is 6. The van der Waals surface area contributed by atoms with Crippen LogP contribution in [0.2, 0.25) is 0 Å². The Bertz CT molecular complexity index is 1420. The van der Waals surface area contributed by atoms with Crippen LogP contribution in [0.4, 0.5) is 33.3 Å². The van der Waals surface area contributed by atoms with Crippen LogP contribution in [0.25, 0.3) is 10.5 Å². The Kier molecular flexibility index (Phi) is 5.96. The second-order valence-electron chi connectivity index (χ2n) is 9.46. The highest BCUT2D eigenvalue weighted by Gasteiger charge is 2.34. The van der Waals surface area contributed by atoms with E-state index >= 15 is 4.39 Å². The molecule has 2 saturated heterocycles. The number of halogens is 1. The monoisotopic (exact) mass is 504 g/mol. The van der Waals surface area contributed by atoms with Gasteiger partial charge in [-0.1, -0.05) is 11.7 Å². The third-order valence-corrected chi connectivity index (χ3v) is 6.95. The van der Waals surface area contributed by atoms with Crippen molar-refractivity contribution in [3.8, 4) is 6.07 Å². The number of hydrogen-bond acceptors (Lipinski definition) is 10. The highest BCUT2D eigenvalue weighted by atomic mass is 19.1. The van der Waals surface area contributed by atoms with Gasteiger partial charge in [-0.15, -0.1) is 4.52 Å². The second kappa shape index (κ2) is 9.44. The molecular weight excluding hydrogens is 479 g/mol. The first-order valence-corrected chi connectivity index (χ1v) is 12.2. The fourth-order valence-electron chi connectivity index (χ4n) is 4.81. The van der Waals surface area contributed by atoms with Gasteiger partial charge >= 0.3 is 0 Å². The molecule has 3 fully saturated rings. The van der Waals surface area contributed by atoms with Crippen molar-refractivity contribution in [1.29, 1.82) is 5.26 Å². The van der Waals surface area contributed by atoms with Gasteiger partial charge in [-0.05, 0) is 25.0 Å². The van der Waals surface area contributed by atoms with Gasteiger partial charge in [-0.3, -0.25) is 4.90 Å². The summed E-state index contributed by atoms with van der Waals surface area (Å²) in [6.07, 6.45) is 2.93. The molecule has 0 amide bonds. The molecule has 3 N–H and O–H groups in total. The Balaban J connectivity index is 1.28. The topological polar surface area (TPSA) is 131 Å². The van der Waals surface area contributed by atoms with E-state index in [0.29, 0.717) is 62.1 Å². The number of nitrogens with zero attached hydrogens (tertiary/aromatic N) is 8. The Hall–Kier alpha value is -4.04. The zero-order chi connectivity index (χ0) is 25.5. The normalized spacial score (nSPS) is 22.1. The minimum absolute atomic E-state index is 0.0521. The lowest BCUT2D eigenvalue weighted by atomic mass is 10.1. The predicted octanol–water partition coefficient (Wildman–Crippen LogP) is 1.89. The third-order valence-electron chi connectivity index (χ3n) is 6.95. The SMILES string of the molecule is [C-]#[N+]c1cnc2c(NC3CC3)nc(Nc3cc(C#N)cc(N4CCN(C5COC[C@@H]5O)CC4)c3F)nn12. The Morgan fingerprint density at radius 1 is 1.22 bits per heavy atom. The summed E-state index contributed by atoms with van der Waals surface area (Å²) in [5, 5.41) is 30.4. The standard InChI is InChI=1S/C24H25FN10O2/c1-27-20-11-28-23-22(29-15-2-3-15)31-24(32-35(20)23)30-16-8-14(10-26)9-17(21(16)25)33-4-6-34(7-5-33)18-12-37-13-19(18)36/h8-9,11,15,18-19,36H,2-7,12-13H2,(H2,29,30,31,32)/t18?,19-/m0/s1. The number of imidazole rings is 1. The molecule has 3 aliphatic rings. The molecule has 0 spiro atoms. The largest absolute Gasteiger partial charge is 0.389 e. The van der Waals surface area contributed by atoms with Crippen molar-refractivity contribution in [3.05, 3.63) is 41.1 Å². The summed E-state index contributed by atoms with van der Waals surface area (Å²) in [5.74, 6) is 0.231. The lowest BCUT2D eigenvalue weighted by Gasteiger charge is -2.39. The summed E-state index contributed by atoms with van der Waals surface area (Å²) >= 11 is 0. The van der Waals surface area contributed by atoms with Crippen LogP contribution in [0.3, 0.4) is 0 Å². The van der Waals surface area contributed by atoms with Crippen molar-refractivity contribution in [1.82, 2.24) is 24.5 Å². The molecule has 6 rings (SSSR count). The number of nitriles is 1. The molecule has 2 aromatic heterocycles. The van der Waals surface area contributed by atoms with Crippen LogP contribution < -0.4 is 15.5 Å². The molecular formula is C24H25FN10O2. The maximum Gasteiger partial charge on any atom is 0.275 e. The van der Waals surface area contributed by atoms with E-state index in [2.05, 4.69) is 41.5 Å². The van der Waals surface area contributed by atoms with Crippen LogP contribution in [0.15, 0.2) is 18.3 Å². The lowest BCUT2D eigenvalue weighted by molar-refractivity contribution is 0.0784. The molecule has 1 unspecified atom stereocenters. The number of hydrogen-bond donors (Lipinski definition) is 3. The highest BCUT2D eigenvalue weighted by Crippen LogP contribution is 2.32. The number of anilines is 4. The van der Waals surface area contributed by atoms with Crippen molar-refractivity contribution in [3.63, 3.8) is 0 Å². The molecule has 0 bridgehead atoms. The van der Waals surface area contributed by atoms with Gasteiger partial charge in [0.2, 0.25) is 0 Å². The number of benzene rings is 1. The summed E-state index contributed by atoms with van der Waals surface area (Å²) in [7, 11) is 0. The first-order valence-electron chi connectivity index (χ1n) is 12.2. The zero-order valence-corrected chi connectivity index (χ0v) is 19.9. The number of aromatic nitrogens is 4. The van der Waals surface area contributed by atoms with Gasteiger partial charge in [0.1, 0.15) is 0 Å². The van der Waals surface area contributed by atoms with Crippen LogP contribution in [0.5, 0.6) is 0 Å². The number of nitrogens with one attached hydrogen (secondary N) is 2. The van der Waals surface area contributed by atoms with Gasteiger partial charge in [-0.2, -0.15) is 10.2 Å². The number of aliphatic hydroxyl groups excluding tert-OH is 1. The first-order chi connectivity index (χ1) is 18.0. The smallest absolute Gasteiger partial charge is 0.275 e. The minimum atomic E-state index is -0.520. The first kappa shape index (κ1) is 23.4. The van der Waals surface area contributed by atoms with Crippen molar-refractivity contribution < 1.29 is 14.2 Å². The van der Waals surface area contributed by atoms with Gasteiger partial charge in [0.05, 0.1) is 54.6 Å². The van der Waals surface area contributed by atoms with Crippen LogP contribution in [0.1, 0.15) is 18.4 Å². The molecule has 12 nitrogen and oxygen atoms in total. The fourth-order valence-corrected chi connectivity index (χ4v) is 4.81. The quantitative estimate of drug-likeness (QED) is 0.428. The zero-order valence-electron chi connectivity index (χ0n) is 19.9. The van der Waals surface area contributed by atoms with E-state index < -0.39 is 11.9 Å². The number of ether oxygens (including phenoxy) is 1. The van der Waals surface area contributed by atoms with E-state index in [1.54, 1.807) is 6.07 Å². The molecule has 37 heavy (non-hydrogen) atoms. The summed E-state index contributed by atoms with van der Waals surface area (Å²) in [6, 6.07) is 5.30. The Labute approximate surface area is 212 Å². The van der Waals surface area contributed by atoms with E-state index in [-0.39, 0.29) is 29.5 Å². The summed E-state index contributed by atoms with van der Waals surface area (Å²) in [6.45, 7) is 10.6. The van der Waals surface area contributed by atoms with E-state index in [4.69, 9.17) is 11.3 Å². The maximum absolute atomic E-state index is 15.8. The van der Waals surface area contributed by atoms with Gasteiger partial charge < -0.3 is 30.2 Å². The van der Waals surface area contributed by atoms with E-state index in [1.165, 1.54) is 16.8 Å². The minimum Gasteiger partial charge on any atom is -0.389 e. The van der Waals surface area contributed by atoms with E-state index in [1.807, 2.05) is 4.90 Å². The van der Waals surface area contributed by atoms with Crippen molar-refractivity contribution in [2.45, 2.75) is 31.0 Å². The van der Waals surface area contributed by atoms with E-state index in [0.717, 1.165) is 12.8 Å². The van der Waals surface area contributed by atoms with Gasteiger partial charge in [0, 0.05) is 32.2 Å². The van der Waals surface area contributed by atoms with Crippen LogP contribution in [0, 0.1) is 23.7 Å². The molecule has 1 saturated carbocycles. The Morgan fingerprint density at radius 2 is 2.03 bits per heavy atom. The molecule has 1 aliphatic carbocycles. The number of piperazine rings is 1. The molecule has 3 aromatic rings. The van der Waals surface area contributed by atoms with Gasteiger partial charge in [0.25, 0.3) is 17.4 Å². The third kappa shape index (κ3) is 4.49. The lowest BCUT2D eigenvalue weighted by Crippen LogP contribution is -2.53. The van der Waals surface area contributed by atoms with E-state index in [9.17, 15) is 10.4 Å². The maximum atomic E-state index is 15.8. The van der Waals surface area contributed by atoms with Crippen molar-refractivity contribution in [2.75, 3.05) is 54.9 Å². The molecule has 190 valence electrons. The van der Waals surface area contributed by atoms with Gasteiger partial charge in [-0.25, -0.2) is 9.37 Å². The van der Waals surface area contributed by atoms with Crippen molar-refractivity contribution >= 4 is 34.6 Å². The number of aliphatic hydroxyl groups is 1. The Morgan fingerprint density at radius 3 is 2.70 bits per heavy atom. The summed E-state index contributed by atoms with van der Waals surface area (Å²) < 4.78 is 22.6. The molecule has 0 radical (unpaired) electrons. The molecule has 2 aliphatic heterocycles. The van der Waals surface area contributed by atoms with Crippen molar-refractivity contribution in [2.24, 2.45) is 0 Å². The van der Waals surface area contributed by atoms with Gasteiger partial charge in [0.15, 0.2) is 11.6 Å². The second-order valence-corrected chi connectivity index (χ2v) is 9.46. The van der Waals surface area contributed by atoms with Crippen LogP contribution in [-0.2, 0) is 4.74 Å². The molecule has 2 atom stereocenters. The average Bonchev–Trinajstić information content (AvgIpc) is 3.46. The van der Waals surface area contributed by atoms with Crippen LogP contribution >= 0.6 is 0 Å². The highest BCUT2D eigenvalue weighted by molar-refractivity contribution is 5.71. The number of fused-ring (bicyclic) bond motifs is 1. The average molecular weight is 505 g/mol. The molecule has 13 heteroatoms. The van der Waals surface area contributed by atoms with Crippen LogP contribution in [-0.4, -0.2) is 87.2 Å². The summed E-state index contributed by atoms with van der Waals surface area (Å²) in [4.78, 5) is 16.3. The molecule has 1 aromatic carbocycles. The predicted molar refractivity (Wildman–Crippen MR) is 132 cm³/mol. The molecule has 4 heterocycles.